The lowest BCUT2D eigenvalue weighted by Crippen LogP contribution is -2.31. The molecule has 0 aliphatic carbocycles. The number of rotatable bonds is 3. The summed E-state index contributed by atoms with van der Waals surface area (Å²) < 4.78 is 53.8. The Kier molecular flexibility index (Phi) is 3.92. The number of halogens is 2. The molecule has 3 rings (SSSR count). The van der Waals surface area contributed by atoms with Crippen LogP contribution in [0, 0.1) is 11.6 Å². The molecular weight excluding hydrogens is 310 g/mol. The van der Waals surface area contributed by atoms with Crippen molar-refractivity contribution in [3.05, 3.63) is 59.9 Å². The molecule has 116 valence electrons. The molecule has 1 atom stereocenters. The molecule has 1 aromatic carbocycles. The molecule has 0 amide bonds. The van der Waals surface area contributed by atoms with E-state index in [4.69, 9.17) is 0 Å². The molecule has 0 spiro atoms. The number of nitrogens with zero attached hydrogens (tertiary/aromatic N) is 2. The molecule has 1 aromatic heterocycles. The molecule has 2 aromatic rings. The third-order valence-corrected chi connectivity index (χ3v) is 5.70. The van der Waals surface area contributed by atoms with Gasteiger partial charge >= 0.3 is 0 Å². The van der Waals surface area contributed by atoms with Crippen molar-refractivity contribution in [3.8, 4) is 0 Å². The third kappa shape index (κ3) is 2.62. The predicted molar refractivity (Wildman–Crippen MR) is 76.5 cm³/mol. The molecule has 1 unspecified atom stereocenters. The van der Waals surface area contributed by atoms with Gasteiger partial charge in [0.2, 0.25) is 10.0 Å². The van der Waals surface area contributed by atoms with Crippen LogP contribution in [0.25, 0.3) is 0 Å². The first-order valence-corrected chi connectivity index (χ1v) is 8.31. The fourth-order valence-corrected chi connectivity index (χ4v) is 4.51. The van der Waals surface area contributed by atoms with E-state index in [9.17, 15) is 17.2 Å². The van der Waals surface area contributed by atoms with Crippen LogP contribution >= 0.6 is 0 Å². The molecule has 0 bridgehead atoms. The average molecular weight is 324 g/mol. The van der Waals surface area contributed by atoms with Crippen LogP contribution in [0.5, 0.6) is 0 Å². The Morgan fingerprint density at radius 1 is 1.14 bits per heavy atom. The summed E-state index contributed by atoms with van der Waals surface area (Å²) in [5, 5.41) is 0. The summed E-state index contributed by atoms with van der Waals surface area (Å²) in [5.41, 5.74) is 0.799. The van der Waals surface area contributed by atoms with Crippen molar-refractivity contribution in [2.24, 2.45) is 0 Å². The van der Waals surface area contributed by atoms with Gasteiger partial charge in [-0.25, -0.2) is 17.2 Å². The van der Waals surface area contributed by atoms with Gasteiger partial charge < -0.3 is 0 Å². The molecule has 1 aliphatic rings. The highest BCUT2D eigenvalue weighted by Crippen LogP contribution is 2.36. The molecule has 0 N–H and O–H groups in total. The second kappa shape index (κ2) is 5.73. The molecular formula is C15H14F2N2O2S. The van der Waals surface area contributed by atoms with Gasteiger partial charge in [0, 0.05) is 18.9 Å². The summed E-state index contributed by atoms with van der Waals surface area (Å²) in [7, 11) is -4.09. The number of hydrogen-bond acceptors (Lipinski definition) is 3. The van der Waals surface area contributed by atoms with Crippen molar-refractivity contribution in [1.29, 1.82) is 0 Å². The Hall–Kier alpha value is -1.86. The lowest BCUT2D eigenvalue weighted by Gasteiger charge is -2.24. The topological polar surface area (TPSA) is 50.3 Å². The minimum absolute atomic E-state index is 0.283. The number of hydrogen-bond donors (Lipinski definition) is 0. The highest BCUT2D eigenvalue weighted by atomic mass is 32.2. The van der Waals surface area contributed by atoms with Crippen LogP contribution in [-0.2, 0) is 10.0 Å². The highest BCUT2D eigenvalue weighted by Gasteiger charge is 2.37. The van der Waals surface area contributed by atoms with Gasteiger partial charge in [-0.3, -0.25) is 4.98 Å². The van der Waals surface area contributed by atoms with Gasteiger partial charge in [0.15, 0.2) is 0 Å². The van der Waals surface area contributed by atoms with E-state index in [1.165, 1.54) is 4.31 Å². The number of aromatic nitrogens is 1. The van der Waals surface area contributed by atoms with Crippen molar-refractivity contribution < 1.29 is 17.2 Å². The molecule has 1 saturated heterocycles. The van der Waals surface area contributed by atoms with Gasteiger partial charge in [0.1, 0.15) is 16.5 Å². The maximum Gasteiger partial charge on any atom is 0.246 e. The van der Waals surface area contributed by atoms with Crippen LogP contribution < -0.4 is 0 Å². The molecule has 2 heterocycles. The first kappa shape index (κ1) is 15.1. The van der Waals surface area contributed by atoms with Crippen molar-refractivity contribution in [3.63, 3.8) is 0 Å². The van der Waals surface area contributed by atoms with Gasteiger partial charge in [-0.1, -0.05) is 0 Å². The van der Waals surface area contributed by atoms with E-state index in [2.05, 4.69) is 4.98 Å². The van der Waals surface area contributed by atoms with E-state index in [1.807, 2.05) is 0 Å². The summed E-state index contributed by atoms with van der Waals surface area (Å²) >= 11 is 0. The van der Waals surface area contributed by atoms with E-state index < -0.39 is 26.6 Å². The Balaban J connectivity index is 2.03. The first-order valence-electron chi connectivity index (χ1n) is 6.87. The quantitative estimate of drug-likeness (QED) is 0.872. The maximum atomic E-state index is 13.9. The Morgan fingerprint density at radius 2 is 1.86 bits per heavy atom. The third-order valence-electron chi connectivity index (χ3n) is 3.77. The number of pyridine rings is 1. The molecule has 7 heteroatoms. The minimum atomic E-state index is -4.09. The van der Waals surface area contributed by atoms with E-state index in [1.54, 1.807) is 24.5 Å². The summed E-state index contributed by atoms with van der Waals surface area (Å²) in [6.45, 7) is 0.283. The van der Waals surface area contributed by atoms with E-state index in [0.717, 1.165) is 23.8 Å². The van der Waals surface area contributed by atoms with Crippen LogP contribution in [0.1, 0.15) is 24.4 Å². The molecule has 0 saturated carbocycles. The zero-order chi connectivity index (χ0) is 15.7. The Labute approximate surface area is 127 Å². The molecule has 0 radical (unpaired) electrons. The first-order chi connectivity index (χ1) is 10.5. The van der Waals surface area contributed by atoms with Crippen LogP contribution in [0.15, 0.2) is 47.6 Å². The lowest BCUT2D eigenvalue weighted by atomic mass is 10.1. The Bertz CT molecular complexity index is 781. The monoisotopic (exact) mass is 324 g/mol. The zero-order valence-electron chi connectivity index (χ0n) is 11.6. The summed E-state index contributed by atoms with van der Waals surface area (Å²) in [5.74, 6) is -1.72. The van der Waals surface area contributed by atoms with Crippen LogP contribution in [0.2, 0.25) is 0 Å². The van der Waals surface area contributed by atoms with Gasteiger partial charge in [-0.05, 0) is 48.7 Å². The standard InChI is InChI=1S/C15H14F2N2O2S/c16-12-3-4-13(17)15(10-12)22(20,21)19-9-1-2-14(19)11-5-7-18-8-6-11/h3-8,10,14H,1-2,9H2. The second-order valence-corrected chi connectivity index (χ2v) is 6.99. The molecule has 1 aliphatic heterocycles. The number of benzene rings is 1. The summed E-state index contributed by atoms with van der Waals surface area (Å²) in [6.07, 6.45) is 4.48. The normalized spacial score (nSPS) is 19.5. The van der Waals surface area contributed by atoms with Crippen molar-refractivity contribution in [2.75, 3.05) is 6.54 Å². The van der Waals surface area contributed by atoms with Crippen LogP contribution in [0.3, 0.4) is 0 Å². The van der Waals surface area contributed by atoms with E-state index in [0.29, 0.717) is 12.8 Å². The molecule has 22 heavy (non-hydrogen) atoms. The van der Waals surface area contributed by atoms with Gasteiger partial charge in [-0.2, -0.15) is 4.31 Å². The average Bonchev–Trinajstić information content (AvgIpc) is 3.01. The largest absolute Gasteiger partial charge is 0.265 e. The lowest BCUT2D eigenvalue weighted by molar-refractivity contribution is 0.393. The van der Waals surface area contributed by atoms with Crippen molar-refractivity contribution in [2.45, 2.75) is 23.8 Å². The smallest absolute Gasteiger partial charge is 0.246 e. The van der Waals surface area contributed by atoms with Gasteiger partial charge in [0.25, 0.3) is 0 Å². The fraction of sp³-hybridized carbons (Fsp3) is 0.267. The molecule has 4 nitrogen and oxygen atoms in total. The maximum absolute atomic E-state index is 13.9. The summed E-state index contributed by atoms with van der Waals surface area (Å²) in [6, 6.07) is 5.56. The van der Waals surface area contributed by atoms with Crippen molar-refractivity contribution in [1.82, 2.24) is 9.29 Å². The SMILES string of the molecule is O=S(=O)(c1cc(F)ccc1F)N1CCCC1c1ccncc1. The minimum Gasteiger partial charge on any atom is -0.265 e. The fourth-order valence-electron chi connectivity index (χ4n) is 2.75. The van der Waals surface area contributed by atoms with E-state index >= 15 is 0 Å². The number of sulfonamides is 1. The second-order valence-electron chi connectivity index (χ2n) is 5.13. The van der Waals surface area contributed by atoms with Crippen LogP contribution in [0.4, 0.5) is 8.78 Å². The Morgan fingerprint density at radius 3 is 2.59 bits per heavy atom. The molecule has 1 fully saturated rings. The van der Waals surface area contributed by atoms with Crippen LogP contribution in [-0.4, -0.2) is 24.3 Å². The van der Waals surface area contributed by atoms with Gasteiger partial charge in [0.05, 0.1) is 6.04 Å². The zero-order valence-corrected chi connectivity index (χ0v) is 12.4. The van der Waals surface area contributed by atoms with Crippen molar-refractivity contribution >= 4 is 10.0 Å². The van der Waals surface area contributed by atoms with E-state index in [-0.39, 0.29) is 12.6 Å². The summed E-state index contributed by atoms with van der Waals surface area (Å²) in [4.78, 5) is 3.29. The van der Waals surface area contributed by atoms with Gasteiger partial charge in [-0.15, -0.1) is 0 Å². The highest BCUT2D eigenvalue weighted by molar-refractivity contribution is 7.89. The predicted octanol–water partition coefficient (Wildman–Crippen LogP) is 2.89.